The Hall–Kier alpha value is -3.12. The maximum Gasteiger partial charge on any atom is 0.186 e. The van der Waals surface area contributed by atoms with E-state index in [0.29, 0.717) is 0 Å². The Morgan fingerprint density at radius 3 is 2.61 bits per heavy atom. The van der Waals surface area contributed by atoms with Gasteiger partial charge in [-0.1, -0.05) is 24.3 Å². The van der Waals surface area contributed by atoms with E-state index >= 15 is 0 Å². The molecule has 0 spiro atoms. The second-order valence-corrected chi connectivity index (χ2v) is 7.18. The second-order valence-electron chi connectivity index (χ2n) is 6.35. The van der Waals surface area contributed by atoms with Gasteiger partial charge in [0.05, 0.1) is 12.8 Å². The quantitative estimate of drug-likeness (QED) is 0.489. The van der Waals surface area contributed by atoms with Gasteiger partial charge in [-0.2, -0.15) is 0 Å². The van der Waals surface area contributed by atoms with Crippen LogP contribution in [0.1, 0.15) is 16.8 Å². The third kappa shape index (κ3) is 5.44. The van der Waals surface area contributed by atoms with E-state index in [4.69, 9.17) is 10.1 Å². The topological polar surface area (TPSA) is 61.2 Å². The number of hydrogen-bond donors (Lipinski definition) is 2. The van der Waals surface area contributed by atoms with Gasteiger partial charge in [-0.15, -0.1) is 11.3 Å². The lowest BCUT2D eigenvalue weighted by molar-refractivity contribution is 0.414. The highest BCUT2D eigenvalue weighted by atomic mass is 32.1. The Morgan fingerprint density at radius 2 is 1.93 bits per heavy atom. The molecule has 0 fully saturated rings. The van der Waals surface area contributed by atoms with E-state index in [1.807, 2.05) is 31.2 Å². The van der Waals surface area contributed by atoms with Crippen molar-refractivity contribution < 1.29 is 4.74 Å². The van der Waals surface area contributed by atoms with Crippen LogP contribution in [-0.2, 0) is 13.1 Å². The van der Waals surface area contributed by atoms with Gasteiger partial charge in [-0.05, 0) is 48.4 Å². The van der Waals surface area contributed by atoms with Crippen molar-refractivity contribution in [3.63, 3.8) is 0 Å². The first kappa shape index (κ1) is 19.6. The molecule has 1 heterocycles. The van der Waals surface area contributed by atoms with Crippen LogP contribution in [0.4, 0.5) is 10.8 Å². The lowest BCUT2D eigenvalue weighted by Gasteiger charge is -2.22. The van der Waals surface area contributed by atoms with E-state index in [1.165, 1.54) is 17.3 Å². The van der Waals surface area contributed by atoms with E-state index < -0.39 is 0 Å². The van der Waals surface area contributed by atoms with Crippen LogP contribution in [0, 0.1) is 12.3 Å². The maximum absolute atomic E-state index is 7.01. The van der Waals surface area contributed by atoms with Crippen molar-refractivity contribution in [1.82, 2.24) is 4.98 Å². The smallest absolute Gasteiger partial charge is 0.186 e. The predicted molar refractivity (Wildman–Crippen MR) is 118 cm³/mol. The van der Waals surface area contributed by atoms with Crippen LogP contribution >= 0.6 is 11.3 Å². The third-order valence-corrected chi connectivity index (χ3v) is 5.17. The molecular formula is C22H24N4OS. The Kier molecular flexibility index (Phi) is 6.81. The summed E-state index contributed by atoms with van der Waals surface area (Å²) in [5.74, 6) is 0.862. The summed E-state index contributed by atoms with van der Waals surface area (Å²) in [5.41, 5.74) is 4.42. The van der Waals surface area contributed by atoms with Gasteiger partial charge in [0.25, 0.3) is 0 Å². The minimum atomic E-state index is 0.756. The average molecular weight is 393 g/mol. The summed E-state index contributed by atoms with van der Waals surface area (Å²) < 4.78 is 5.36. The van der Waals surface area contributed by atoms with Crippen molar-refractivity contribution in [3.8, 4) is 5.75 Å². The van der Waals surface area contributed by atoms with Gasteiger partial charge in [-0.3, -0.25) is 0 Å². The summed E-state index contributed by atoms with van der Waals surface area (Å²) in [6.45, 7) is 3.54. The van der Waals surface area contributed by atoms with Gasteiger partial charge in [-0.25, -0.2) is 4.98 Å². The number of allylic oxidation sites excluding steroid dienone is 1. The zero-order valence-corrected chi connectivity index (χ0v) is 16.9. The van der Waals surface area contributed by atoms with E-state index in [9.17, 15) is 0 Å². The number of rotatable bonds is 9. The summed E-state index contributed by atoms with van der Waals surface area (Å²) >= 11 is 1.66. The minimum Gasteiger partial charge on any atom is -0.497 e. The second kappa shape index (κ2) is 9.71. The van der Waals surface area contributed by atoms with Gasteiger partial charge in [0.2, 0.25) is 0 Å². The Labute approximate surface area is 169 Å². The molecule has 0 saturated carbocycles. The van der Waals surface area contributed by atoms with Crippen LogP contribution in [0.2, 0.25) is 0 Å². The molecule has 0 saturated heterocycles. The van der Waals surface area contributed by atoms with E-state index in [-0.39, 0.29) is 0 Å². The van der Waals surface area contributed by atoms with Crippen LogP contribution in [0.3, 0.4) is 0 Å². The van der Waals surface area contributed by atoms with Crippen LogP contribution in [0.25, 0.3) is 0 Å². The number of aryl methyl sites for hydroxylation is 1. The molecule has 0 aliphatic rings. The average Bonchev–Trinajstić information content (AvgIpc) is 3.15. The lowest BCUT2D eigenvalue weighted by Crippen LogP contribution is -2.22. The SMILES string of the molecule is COc1cccc(CN(Cc2ccc(N/C=C\C=N)cc2)c2nc(C)cs2)c1. The normalized spacial score (nSPS) is 10.8. The molecule has 6 heteroatoms. The first-order valence-corrected chi connectivity index (χ1v) is 9.87. The van der Waals surface area contributed by atoms with E-state index in [0.717, 1.165) is 35.4 Å². The Morgan fingerprint density at radius 1 is 1.14 bits per heavy atom. The van der Waals surface area contributed by atoms with Gasteiger partial charge in [0, 0.05) is 36.6 Å². The van der Waals surface area contributed by atoms with Crippen molar-refractivity contribution in [1.29, 1.82) is 5.41 Å². The molecular weight excluding hydrogens is 368 g/mol. The van der Waals surface area contributed by atoms with Gasteiger partial charge in [0.1, 0.15) is 5.75 Å². The van der Waals surface area contributed by atoms with Crippen molar-refractivity contribution in [2.45, 2.75) is 20.0 Å². The van der Waals surface area contributed by atoms with Crippen LogP contribution < -0.4 is 15.0 Å². The summed E-state index contributed by atoms with van der Waals surface area (Å²) in [5, 5.41) is 13.2. The number of thiazole rings is 1. The zero-order chi connectivity index (χ0) is 19.8. The van der Waals surface area contributed by atoms with Crippen molar-refractivity contribution in [3.05, 3.63) is 83.0 Å². The number of ether oxygens (including phenoxy) is 1. The molecule has 0 atom stereocenters. The zero-order valence-electron chi connectivity index (χ0n) is 16.1. The number of hydrogen-bond acceptors (Lipinski definition) is 6. The molecule has 2 N–H and O–H groups in total. The monoisotopic (exact) mass is 392 g/mol. The minimum absolute atomic E-state index is 0.756. The van der Waals surface area contributed by atoms with Crippen molar-refractivity contribution in [2.24, 2.45) is 0 Å². The van der Waals surface area contributed by atoms with Gasteiger partial charge >= 0.3 is 0 Å². The number of anilines is 2. The number of aromatic nitrogens is 1. The van der Waals surface area contributed by atoms with Crippen molar-refractivity contribution >= 4 is 28.4 Å². The van der Waals surface area contributed by atoms with Crippen molar-refractivity contribution in [2.75, 3.05) is 17.3 Å². The highest BCUT2D eigenvalue weighted by Crippen LogP contribution is 2.25. The summed E-state index contributed by atoms with van der Waals surface area (Å²) in [6.07, 6.45) is 4.64. The molecule has 0 radical (unpaired) electrons. The fourth-order valence-electron chi connectivity index (χ4n) is 2.79. The largest absolute Gasteiger partial charge is 0.497 e. The van der Waals surface area contributed by atoms with Crippen LogP contribution in [0.5, 0.6) is 5.75 Å². The fourth-order valence-corrected chi connectivity index (χ4v) is 3.59. The Bertz CT molecular complexity index is 934. The number of nitrogens with zero attached hydrogens (tertiary/aromatic N) is 2. The molecule has 0 aliphatic carbocycles. The molecule has 144 valence electrons. The highest BCUT2D eigenvalue weighted by Gasteiger charge is 2.12. The highest BCUT2D eigenvalue weighted by molar-refractivity contribution is 7.13. The first-order valence-electron chi connectivity index (χ1n) is 8.99. The fraction of sp³-hybridized carbons (Fsp3) is 0.182. The maximum atomic E-state index is 7.01. The molecule has 2 aromatic carbocycles. The van der Waals surface area contributed by atoms with E-state index in [1.54, 1.807) is 30.7 Å². The van der Waals surface area contributed by atoms with Gasteiger partial charge in [0.15, 0.2) is 5.13 Å². The molecule has 5 nitrogen and oxygen atoms in total. The number of nitrogens with one attached hydrogen (secondary N) is 2. The van der Waals surface area contributed by atoms with E-state index in [2.05, 4.69) is 44.8 Å². The molecule has 0 aliphatic heterocycles. The first-order chi connectivity index (χ1) is 13.7. The van der Waals surface area contributed by atoms with Crippen LogP contribution in [0.15, 0.2) is 66.2 Å². The molecule has 3 rings (SSSR count). The molecule has 0 bridgehead atoms. The Balaban J connectivity index is 1.77. The number of methoxy groups -OCH3 is 1. The molecule has 0 unspecified atom stereocenters. The molecule has 3 aromatic rings. The van der Waals surface area contributed by atoms with Gasteiger partial charge < -0.3 is 20.4 Å². The lowest BCUT2D eigenvalue weighted by atomic mass is 10.1. The molecule has 0 amide bonds. The summed E-state index contributed by atoms with van der Waals surface area (Å²) in [6, 6.07) is 16.5. The summed E-state index contributed by atoms with van der Waals surface area (Å²) in [4.78, 5) is 6.97. The standard InChI is InChI=1S/C22H24N4OS/c1-17-16-28-22(25-17)26(15-19-5-3-6-21(13-19)27-2)14-18-7-9-20(10-8-18)24-12-4-11-23/h3-13,16,23-24H,14-15H2,1-2H3/b12-4-,23-11?. The third-order valence-electron chi connectivity index (χ3n) is 4.15. The molecule has 28 heavy (non-hydrogen) atoms. The molecule has 1 aromatic heterocycles. The number of benzene rings is 2. The van der Waals surface area contributed by atoms with Crippen LogP contribution in [-0.4, -0.2) is 18.3 Å². The summed E-state index contributed by atoms with van der Waals surface area (Å²) in [7, 11) is 1.69. The predicted octanol–water partition coefficient (Wildman–Crippen LogP) is 5.24.